The standard InChI is InChI=1S/C25H26O7/c1-13(2)5-4-6-14(3)7-9-16-18(27)12-20-21(22(16)29)23(30)24(31)25(32-20)15-8-10-17(26)19(28)11-15/h5,7-8,10-12,26-29,31H,4,6,9H2,1-3H3/b14-7-. The number of hydrogen-bond acceptors (Lipinski definition) is 7. The highest BCUT2D eigenvalue weighted by atomic mass is 16.4. The fourth-order valence-corrected chi connectivity index (χ4v) is 3.38. The highest BCUT2D eigenvalue weighted by molar-refractivity contribution is 5.90. The van der Waals surface area contributed by atoms with Gasteiger partial charge in [-0.1, -0.05) is 23.3 Å². The number of phenolic OH excluding ortho intramolecular Hbond substituents is 4. The fraction of sp³-hybridized carbons (Fsp3) is 0.240. The number of fused-ring (bicyclic) bond motifs is 1. The van der Waals surface area contributed by atoms with Gasteiger partial charge in [-0.2, -0.15) is 0 Å². The van der Waals surface area contributed by atoms with Gasteiger partial charge in [0.1, 0.15) is 22.5 Å². The maximum absolute atomic E-state index is 12.8. The summed E-state index contributed by atoms with van der Waals surface area (Å²) in [5.41, 5.74) is 1.58. The summed E-state index contributed by atoms with van der Waals surface area (Å²) in [5, 5.41) is 50.5. The molecule has 0 amide bonds. The van der Waals surface area contributed by atoms with Crippen molar-refractivity contribution in [1.29, 1.82) is 0 Å². The Morgan fingerprint density at radius 3 is 2.28 bits per heavy atom. The van der Waals surface area contributed by atoms with Gasteiger partial charge >= 0.3 is 0 Å². The summed E-state index contributed by atoms with van der Waals surface area (Å²) in [5.74, 6) is -2.57. The van der Waals surface area contributed by atoms with E-state index in [4.69, 9.17) is 4.42 Å². The molecule has 7 nitrogen and oxygen atoms in total. The molecule has 0 aliphatic carbocycles. The summed E-state index contributed by atoms with van der Waals surface area (Å²) in [7, 11) is 0. The zero-order chi connectivity index (χ0) is 23.6. The molecular formula is C25H26O7. The molecule has 0 bridgehead atoms. The molecule has 0 atom stereocenters. The molecule has 0 unspecified atom stereocenters. The van der Waals surface area contributed by atoms with E-state index >= 15 is 0 Å². The van der Waals surface area contributed by atoms with Crippen LogP contribution in [-0.2, 0) is 6.42 Å². The van der Waals surface area contributed by atoms with Crippen molar-refractivity contribution in [3.63, 3.8) is 0 Å². The van der Waals surface area contributed by atoms with E-state index in [1.165, 1.54) is 23.8 Å². The first-order valence-electron chi connectivity index (χ1n) is 10.1. The van der Waals surface area contributed by atoms with Gasteiger partial charge < -0.3 is 29.9 Å². The lowest BCUT2D eigenvalue weighted by Crippen LogP contribution is -2.04. The Bertz CT molecular complexity index is 1290. The van der Waals surface area contributed by atoms with Crippen LogP contribution < -0.4 is 5.43 Å². The third kappa shape index (κ3) is 4.56. The summed E-state index contributed by atoms with van der Waals surface area (Å²) < 4.78 is 5.59. The number of allylic oxidation sites excluding steroid dienone is 4. The van der Waals surface area contributed by atoms with Crippen molar-refractivity contribution in [2.45, 2.75) is 40.0 Å². The lowest BCUT2D eigenvalue weighted by Gasteiger charge is -2.11. The molecule has 0 aliphatic rings. The lowest BCUT2D eigenvalue weighted by molar-refractivity contribution is 0.403. The van der Waals surface area contributed by atoms with Gasteiger partial charge in [-0.3, -0.25) is 4.79 Å². The molecule has 1 heterocycles. The van der Waals surface area contributed by atoms with Crippen molar-refractivity contribution in [3.05, 3.63) is 63.4 Å². The minimum Gasteiger partial charge on any atom is -0.507 e. The normalized spacial score (nSPS) is 11.7. The van der Waals surface area contributed by atoms with Gasteiger partial charge in [-0.25, -0.2) is 0 Å². The van der Waals surface area contributed by atoms with Crippen molar-refractivity contribution in [3.8, 4) is 40.1 Å². The maximum Gasteiger partial charge on any atom is 0.238 e. The Labute approximate surface area is 184 Å². The van der Waals surface area contributed by atoms with Crippen molar-refractivity contribution in [2.75, 3.05) is 0 Å². The Morgan fingerprint density at radius 2 is 1.62 bits per heavy atom. The zero-order valence-corrected chi connectivity index (χ0v) is 18.1. The molecular weight excluding hydrogens is 412 g/mol. The summed E-state index contributed by atoms with van der Waals surface area (Å²) in [6.45, 7) is 6.01. The van der Waals surface area contributed by atoms with Crippen LogP contribution in [0.2, 0.25) is 0 Å². The quantitative estimate of drug-likeness (QED) is 0.263. The minimum absolute atomic E-state index is 0.127. The average molecular weight is 438 g/mol. The molecule has 3 rings (SSSR count). The SMILES string of the molecule is CC(C)=CCC/C(C)=C\Cc1c(O)cc2oc(-c3ccc(O)c(O)c3)c(O)c(=O)c2c1O. The van der Waals surface area contributed by atoms with Crippen molar-refractivity contribution in [1.82, 2.24) is 0 Å². The Kier molecular flexibility index (Phi) is 6.48. The van der Waals surface area contributed by atoms with Crippen LogP contribution in [0.5, 0.6) is 28.7 Å². The Morgan fingerprint density at radius 1 is 0.906 bits per heavy atom. The van der Waals surface area contributed by atoms with E-state index in [9.17, 15) is 30.3 Å². The van der Waals surface area contributed by atoms with E-state index in [1.807, 2.05) is 26.8 Å². The van der Waals surface area contributed by atoms with Crippen molar-refractivity contribution in [2.24, 2.45) is 0 Å². The number of hydrogen-bond donors (Lipinski definition) is 5. The summed E-state index contributed by atoms with van der Waals surface area (Å²) >= 11 is 0. The Balaban J connectivity index is 2.04. The topological polar surface area (TPSA) is 131 Å². The first-order chi connectivity index (χ1) is 15.1. The van der Waals surface area contributed by atoms with E-state index < -0.39 is 22.7 Å². The maximum atomic E-state index is 12.8. The number of rotatable bonds is 6. The molecule has 0 saturated heterocycles. The third-order valence-electron chi connectivity index (χ3n) is 5.20. The van der Waals surface area contributed by atoms with Crippen LogP contribution in [0.4, 0.5) is 0 Å². The van der Waals surface area contributed by atoms with Gasteiger partial charge in [-0.15, -0.1) is 0 Å². The van der Waals surface area contributed by atoms with Crippen molar-refractivity contribution >= 4 is 11.0 Å². The molecule has 0 aliphatic heterocycles. The molecule has 2 aromatic carbocycles. The van der Waals surface area contributed by atoms with Crippen LogP contribution >= 0.6 is 0 Å². The van der Waals surface area contributed by atoms with Gasteiger partial charge in [-0.05, 0) is 58.2 Å². The largest absolute Gasteiger partial charge is 0.507 e. The summed E-state index contributed by atoms with van der Waals surface area (Å²) in [4.78, 5) is 12.8. The van der Waals surface area contributed by atoms with Gasteiger partial charge in [0.25, 0.3) is 0 Å². The minimum atomic E-state index is -0.878. The molecule has 168 valence electrons. The predicted octanol–water partition coefficient (Wildman–Crippen LogP) is 5.22. The monoisotopic (exact) mass is 438 g/mol. The van der Waals surface area contributed by atoms with E-state index in [-0.39, 0.29) is 45.8 Å². The van der Waals surface area contributed by atoms with E-state index in [2.05, 4.69) is 6.08 Å². The number of phenols is 4. The van der Waals surface area contributed by atoms with Crippen LogP contribution in [0.25, 0.3) is 22.3 Å². The van der Waals surface area contributed by atoms with Gasteiger partial charge in [0.05, 0.1) is 0 Å². The highest BCUT2D eigenvalue weighted by Crippen LogP contribution is 2.40. The first-order valence-corrected chi connectivity index (χ1v) is 10.1. The molecule has 0 fully saturated rings. The smallest absolute Gasteiger partial charge is 0.238 e. The van der Waals surface area contributed by atoms with Gasteiger partial charge in [0.15, 0.2) is 17.3 Å². The fourth-order valence-electron chi connectivity index (χ4n) is 3.38. The molecule has 32 heavy (non-hydrogen) atoms. The van der Waals surface area contributed by atoms with Crippen LogP contribution in [0.3, 0.4) is 0 Å². The van der Waals surface area contributed by atoms with Crippen LogP contribution in [0, 0.1) is 0 Å². The number of aromatic hydroxyl groups is 5. The van der Waals surface area contributed by atoms with Crippen molar-refractivity contribution < 1.29 is 29.9 Å². The van der Waals surface area contributed by atoms with Crippen LogP contribution in [0.15, 0.2) is 56.8 Å². The summed E-state index contributed by atoms with van der Waals surface area (Å²) in [6, 6.07) is 4.85. The second-order valence-corrected chi connectivity index (χ2v) is 7.98. The van der Waals surface area contributed by atoms with Crippen LogP contribution in [-0.4, -0.2) is 25.5 Å². The molecule has 3 aromatic rings. The predicted molar refractivity (Wildman–Crippen MR) is 122 cm³/mol. The van der Waals surface area contributed by atoms with Gasteiger partial charge in [0, 0.05) is 17.2 Å². The highest BCUT2D eigenvalue weighted by Gasteiger charge is 2.22. The molecule has 0 radical (unpaired) electrons. The molecule has 5 N–H and O–H groups in total. The molecule has 0 spiro atoms. The Hall–Kier alpha value is -3.87. The summed E-state index contributed by atoms with van der Waals surface area (Å²) in [6.07, 6.45) is 5.90. The first kappa shape index (κ1) is 22.8. The van der Waals surface area contributed by atoms with Gasteiger partial charge in [0.2, 0.25) is 11.2 Å². The lowest BCUT2D eigenvalue weighted by atomic mass is 10.0. The van der Waals surface area contributed by atoms with E-state index in [0.29, 0.717) is 0 Å². The molecule has 1 aromatic heterocycles. The van der Waals surface area contributed by atoms with Crippen LogP contribution in [0.1, 0.15) is 39.2 Å². The average Bonchev–Trinajstić information content (AvgIpc) is 2.72. The molecule has 0 saturated carbocycles. The second kappa shape index (κ2) is 9.09. The third-order valence-corrected chi connectivity index (χ3v) is 5.20. The molecule has 7 heteroatoms. The number of benzene rings is 2. The van der Waals surface area contributed by atoms with E-state index in [1.54, 1.807) is 0 Å². The zero-order valence-electron chi connectivity index (χ0n) is 18.1. The van der Waals surface area contributed by atoms with E-state index in [0.717, 1.165) is 24.5 Å². The second-order valence-electron chi connectivity index (χ2n) is 7.98.